The number of rotatable bonds is 9. The second-order valence-corrected chi connectivity index (χ2v) is 11.7. The number of alkyl halides is 3. The van der Waals surface area contributed by atoms with Crippen molar-refractivity contribution in [3.63, 3.8) is 0 Å². The number of carbonyl (C=O) groups is 2. The Morgan fingerprint density at radius 2 is 1.73 bits per heavy atom. The van der Waals surface area contributed by atoms with Crippen molar-refractivity contribution in [1.29, 1.82) is 0 Å². The lowest BCUT2D eigenvalue weighted by Gasteiger charge is -2.35. The number of likely N-dealkylation sites (N-methyl/N-ethyl adjacent to an activating group) is 1. The number of halogens is 4. The molecule has 2 aromatic rings. The molecule has 2 fully saturated rings. The quantitative estimate of drug-likeness (QED) is 0.437. The Morgan fingerprint density at radius 1 is 1.07 bits per heavy atom. The third kappa shape index (κ3) is 8.23. The number of carbonyl (C=O) groups excluding carboxylic acids is 2. The van der Waals surface area contributed by atoms with E-state index in [1.807, 2.05) is 32.0 Å². The highest BCUT2D eigenvalue weighted by Gasteiger charge is 2.46. The van der Waals surface area contributed by atoms with Gasteiger partial charge in [0, 0.05) is 38.8 Å². The third-order valence-electron chi connectivity index (χ3n) is 8.15. The predicted molar refractivity (Wildman–Crippen MR) is 156 cm³/mol. The van der Waals surface area contributed by atoms with E-state index < -0.39 is 17.8 Å². The minimum atomic E-state index is -4.41. The molecule has 2 aromatic carbocycles. The topological polar surface area (TPSA) is 69.9 Å². The van der Waals surface area contributed by atoms with Crippen LogP contribution in [0.3, 0.4) is 0 Å². The summed E-state index contributed by atoms with van der Waals surface area (Å²) in [5, 5.41) is 0. The van der Waals surface area contributed by atoms with Gasteiger partial charge in [0.05, 0.1) is 11.6 Å². The van der Waals surface area contributed by atoms with Gasteiger partial charge in [0.25, 0.3) is 0 Å². The predicted octanol–water partition coefficient (Wildman–Crippen LogP) is 5.14. The number of benzene rings is 2. The van der Waals surface area contributed by atoms with Crippen molar-refractivity contribution in [3.05, 3.63) is 71.3 Å². The average Bonchev–Trinajstić information content (AvgIpc) is 3.25. The van der Waals surface area contributed by atoms with Gasteiger partial charge < -0.3 is 15.5 Å². The molecule has 10 heteroatoms. The highest BCUT2D eigenvalue weighted by Crippen LogP contribution is 2.32. The Balaban J connectivity index is 0.00000462. The van der Waals surface area contributed by atoms with Gasteiger partial charge in [-0.2, -0.15) is 13.2 Å². The maximum Gasteiger partial charge on any atom is 0.416 e. The van der Waals surface area contributed by atoms with E-state index in [4.69, 9.17) is 5.73 Å². The van der Waals surface area contributed by atoms with E-state index in [0.29, 0.717) is 31.5 Å². The van der Waals surface area contributed by atoms with Crippen LogP contribution in [0.4, 0.5) is 13.2 Å². The summed E-state index contributed by atoms with van der Waals surface area (Å²) in [6, 6.07) is 14.3. The van der Waals surface area contributed by atoms with Crippen LogP contribution in [0.15, 0.2) is 54.6 Å². The monoisotopic (exact) mass is 594 g/mol. The summed E-state index contributed by atoms with van der Waals surface area (Å²) < 4.78 is 38.9. The van der Waals surface area contributed by atoms with Crippen molar-refractivity contribution in [3.8, 4) is 0 Å². The molecular weight excluding hydrogens is 553 g/mol. The largest absolute Gasteiger partial charge is 0.416 e. The van der Waals surface area contributed by atoms with E-state index in [2.05, 4.69) is 17.0 Å². The lowest BCUT2D eigenvalue weighted by molar-refractivity contribution is -0.147. The van der Waals surface area contributed by atoms with Gasteiger partial charge in [-0.15, -0.1) is 12.4 Å². The molecule has 0 bridgehead atoms. The molecule has 0 aliphatic carbocycles. The van der Waals surface area contributed by atoms with Gasteiger partial charge in [0.15, 0.2) is 0 Å². The standard InChI is InChI=1S/C31H41F3N4O2.ClH/c1-21(2)17-27(29(39)36(3)19-23-9-12-24(13-10-23)31(32,33)34)37-16-15-26(14-11-22-7-5-4-6-8-22)38-20-25(35)18-28(38)30(37)40;/h4-10,12-13,21,25-28H,11,14-20,35H2,1-3H3;1H/t25-,26?,27-,28+;/m1./s1. The molecule has 41 heavy (non-hydrogen) atoms. The molecule has 2 N–H and O–H groups in total. The zero-order chi connectivity index (χ0) is 29.0. The van der Waals surface area contributed by atoms with E-state index in [1.54, 1.807) is 11.9 Å². The van der Waals surface area contributed by atoms with Crippen molar-refractivity contribution in [2.45, 2.75) is 82.8 Å². The Kier molecular flexibility index (Phi) is 11.3. The molecule has 0 radical (unpaired) electrons. The molecule has 0 aromatic heterocycles. The zero-order valence-corrected chi connectivity index (χ0v) is 24.8. The Morgan fingerprint density at radius 3 is 2.34 bits per heavy atom. The summed E-state index contributed by atoms with van der Waals surface area (Å²) in [5.74, 6) is -0.0732. The number of hydrogen-bond acceptors (Lipinski definition) is 4. The normalized spacial score (nSPS) is 22.2. The molecule has 4 rings (SSSR count). The van der Waals surface area contributed by atoms with Crippen LogP contribution in [0.1, 0.15) is 56.2 Å². The maximum absolute atomic E-state index is 14.0. The van der Waals surface area contributed by atoms with Crippen LogP contribution in [0.25, 0.3) is 0 Å². The van der Waals surface area contributed by atoms with E-state index >= 15 is 0 Å². The van der Waals surface area contributed by atoms with E-state index in [9.17, 15) is 22.8 Å². The molecule has 0 saturated carbocycles. The number of nitrogens with zero attached hydrogens (tertiary/aromatic N) is 3. The molecule has 2 aliphatic rings. The maximum atomic E-state index is 14.0. The molecule has 2 aliphatic heterocycles. The van der Waals surface area contributed by atoms with E-state index in [0.717, 1.165) is 31.4 Å². The zero-order valence-electron chi connectivity index (χ0n) is 24.0. The SMILES string of the molecule is CC(C)C[C@H](C(=O)N(C)Cc1ccc(C(F)(F)F)cc1)N1CCC(CCc2ccccc2)N2C[C@H](N)C[C@H]2C1=O.Cl. The van der Waals surface area contributed by atoms with E-state index in [-0.39, 0.29) is 54.8 Å². The van der Waals surface area contributed by atoms with Crippen molar-refractivity contribution in [2.75, 3.05) is 20.1 Å². The summed E-state index contributed by atoms with van der Waals surface area (Å²) in [4.78, 5) is 33.4. The second kappa shape index (κ2) is 14.0. The van der Waals surface area contributed by atoms with Crippen LogP contribution in [0.2, 0.25) is 0 Å². The fourth-order valence-corrected chi connectivity index (χ4v) is 6.11. The minimum Gasteiger partial charge on any atom is -0.340 e. The van der Waals surface area contributed by atoms with E-state index in [1.165, 1.54) is 22.6 Å². The Bertz CT molecular complexity index is 1150. The summed E-state index contributed by atoms with van der Waals surface area (Å²) in [5.41, 5.74) is 7.49. The van der Waals surface area contributed by atoms with Crippen LogP contribution >= 0.6 is 12.4 Å². The first kappa shape index (κ1) is 32.9. The molecule has 226 valence electrons. The number of fused-ring (bicyclic) bond motifs is 1. The van der Waals surface area contributed by atoms with Crippen LogP contribution in [-0.4, -0.2) is 70.8 Å². The number of amides is 2. The van der Waals surface area contributed by atoms with Crippen molar-refractivity contribution >= 4 is 24.2 Å². The van der Waals surface area contributed by atoms with Crippen LogP contribution in [-0.2, 0) is 28.7 Å². The Labute approximate surface area is 247 Å². The molecule has 4 atom stereocenters. The van der Waals surface area contributed by atoms with Gasteiger partial charge in [-0.05, 0) is 61.3 Å². The van der Waals surface area contributed by atoms with Crippen molar-refractivity contribution in [1.82, 2.24) is 14.7 Å². The van der Waals surface area contributed by atoms with Gasteiger partial charge in [-0.1, -0.05) is 56.3 Å². The number of hydrogen-bond donors (Lipinski definition) is 1. The summed E-state index contributed by atoms with van der Waals surface area (Å²) in [6.07, 6.45) is -0.762. The average molecular weight is 595 g/mol. The highest BCUT2D eigenvalue weighted by atomic mass is 35.5. The molecule has 2 saturated heterocycles. The fraction of sp³-hybridized carbons (Fsp3) is 0.548. The van der Waals surface area contributed by atoms with Gasteiger partial charge >= 0.3 is 6.18 Å². The summed E-state index contributed by atoms with van der Waals surface area (Å²) >= 11 is 0. The van der Waals surface area contributed by atoms with Crippen LogP contribution in [0, 0.1) is 5.92 Å². The van der Waals surface area contributed by atoms with Crippen LogP contribution < -0.4 is 5.73 Å². The van der Waals surface area contributed by atoms with Crippen molar-refractivity contribution in [2.24, 2.45) is 11.7 Å². The molecule has 2 heterocycles. The molecule has 1 unspecified atom stereocenters. The molecule has 2 amide bonds. The molecule has 6 nitrogen and oxygen atoms in total. The van der Waals surface area contributed by atoms with Crippen molar-refractivity contribution < 1.29 is 22.8 Å². The van der Waals surface area contributed by atoms with Gasteiger partial charge in [0.2, 0.25) is 11.8 Å². The van der Waals surface area contributed by atoms with Gasteiger partial charge in [-0.25, -0.2) is 0 Å². The number of aryl methyl sites for hydroxylation is 1. The number of nitrogens with two attached hydrogens (primary N) is 1. The second-order valence-electron chi connectivity index (χ2n) is 11.7. The first-order chi connectivity index (χ1) is 18.9. The first-order valence-corrected chi connectivity index (χ1v) is 14.2. The lowest BCUT2D eigenvalue weighted by atomic mass is 9.99. The summed E-state index contributed by atoms with van der Waals surface area (Å²) in [7, 11) is 1.65. The van der Waals surface area contributed by atoms with Crippen LogP contribution in [0.5, 0.6) is 0 Å². The highest BCUT2D eigenvalue weighted by molar-refractivity contribution is 5.90. The minimum absolute atomic E-state index is 0. The lowest BCUT2D eigenvalue weighted by Crippen LogP contribution is -2.53. The first-order valence-electron chi connectivity index (χ1n) is 14.2. The smallest absolute Gasteiger partial charge is 0.340 e. The third-order valence-corrected chi connectivity index (χ3v) is 8.15. The van der Waals surface area contributed by atoms with Gasteiger partial charge in [-0.3, -0.25) is 14.5 Å². The Hall–Kier alpha value is -2.62. The molecule has 0 spiro atoms. The fourth-order valence-electron chi connectivity index (χ4n) is 6.11. The van der Waals surface area contributed by atoms with Gasteiger partial charge in [0.1, 0.15) is 6.04 Å². The molecular formula is C31H42ClF3N4O2. The summed E-state index contributed by atoms with van der Waals surface area (Å²) in [6.45, 7) is 5.36.